The lowest BCUT2D eigenvalue weighted by atomic mass is 10.0. The molecule has 0 atom stereocenters. The fraction of sp³-hybridized carbons (Fsp3) is 0.538. The first-order valence-corrected chi connectivity index (χ1v) is 7.94. The van der Waals surface area contributed by atoms with Gasteiger partial charge >= 0.3 is 0 Å². The summed E-state index contributed by atoms with van der Waals surface area (Å²) in [5, 5.41) is 0. The van der Waals surface area contributed by atoms with Gasteiger partial charge in [0.15, 0.2) is 9.84 Å². The van der Waals surface area contributed by atoms with Crippen LogP contribution in [0.15, 0.2) is 23.1 Å². The van der Waals surface area contributed by atoms with Crippen molar-refractivity contribution >= 4 is 9.84 Å². The number of nitrogens with zero attached hydrogens (tertiary/aromatic N) is 1. The zero-order chi connectivity index (χ0) is 12.5. The van der Waals surface area contributed by atoms with Gasteiger partial charge in [0.1, 0.15) is 0 Å². The van der Waals surface area contributed by atoms with Crippen molar-refractivity contribution in [2.24, 2.45) is 0 Å². The molecule has 1 aliphatic rings. The zero-order valence-electron chi connectivity index (χ0n) is 10.4. The van der Waals surface area contributed by atoms with Gasteiger partial charge in [-0.2, -0.15) is 0 Å². The first-order valence-electron chi connectivity index (χ1n) is 6.05. The van der Waals surface area contributed by atoms with Gasteiger partial charge < -0.3 is 4.90 Å². The molecule has 2 rings (SSSR count). The van der Waals surface area contributed by atoms with Crippen LogP contribution in [0.3, 0.4) is 0 Å². The van der Waals surface area contributed by atoms with Crippen molar-refractivity contribution in [3.8, 4) is 0 Å². The third kappa shape index (κ3) is 2.87. The van der Waals surface area contributed by atoms with Crippen LogP contribution in [-0.4, -0.2) is 39.2 Å². The molecule has 17 heavy (non-hydrogen) atoms. The van der Waals surface area contributed by atoms with Crippen LogP contribution < -0.4 is 0 Å². The maximum Gasteiger partial charge on any atom is 0.175 e. The molecule has 1 heterocycles. The normalized spacial score (nSPS) is 17.5. The van der Waals surface area contributed by atoms with Crippen molar-refractivity contribution in [3.63, 3.8) is 0 Å². The van der Waals surface area contributed by atoms with Crippen molar-refractivity contribution < 1.29 is 8.42 Å². The molecule has 0 N–H and O–H groups in total. The molecule has 0 amide bonds. The summed E-state index contributed by atoms with van der Waals surface area (Å²) in [6.07, 6.45) is 3.24. The van der Waals surface area contributed by atoms with E-state index in [9.17, 15) is 8.42 Å². The van der Waals surface area contributed by atoms with Gasteiger partial charge in [0.25, 0.3) is 0 Å². The van der Waals surface area contributed by atoms with E-state index >= 15 is 0 Å². The molecular weight excluding hydrogens is 234 g/mol. The Morgan fingerprint density at radius 2 is 1.82 bits per heavy atom. The predicted octanol–water partition coefficient (Wildman–Crippen LogP) is 1.51. The third-order valence-electron chi connectivity index (χ3n) is 3.45. The molecule has 0 saturated carbocycles. The topological polar surface area (TPSA) is 37.4 Å². The van der Waals surface area contributed by atoms with Crippen LogP contribution in [0.25, 0.3) is 0 Å². The minimum atomic E-state index is -3.08. The molecular formula is C13H19NO2S. The van der Waals surface area contributed by atoms with Crippen molar-refractivity contribution in [3.05, 3.63) is 29.3 Å². The molecule has 3 nitrogen and oxygen atoms in total. The monoisotopic (exact) mass is 253 g/mol. The number of hydrogen-bond donors (Lipinski definition) is 0. The number of likely N-dealkylation sites (N-methyl/N-ethyl adjacent to an activating group) is 1. The summed E-state index contributed by atoms with van der Waals surface area (Å²) >= 11 is 0. The highest BCUT2D eigenvalue weighted by atomic mass is 32.2. The molecule has 1 aromatic rings. The van der Waals surface area contributed by atoms with Gasteiger partial charge in [-0.05, 0) is 42.6 Å². The second-order valence-corrected chi connectivity index (χ2v) is 6.65. The standard InChI is InChI=1S/C13H19NO2S/c1-3-14-8-6-11-4-5-13(17(2,15)16)10-12(11)7-9-14/h4-5,10H,3,6-9H2,1-2H3. The molecule has 0 unspecified atom stereocenters. The molecule has 0 radical (unpaired) electrons. The number of fused-ring (bicyclic) bond motifs is 1. The fourth-order valence-electron chi connectivity index (χ4n) is 2.29. The van der Waals surface area contributed by atoms with Crippen LogP contribution in [0.5, 0.6) is 0 Å². The maximum absolute atomic E-state index is 11.5. The highest BCUT2D eigenvalue weighted by Gasteiger charge is 2.15. The Morgan fingerprint density at radius 3 is 2.41 bits per heavy atom. The van der Waals surface area contributed by atoms with Crippen molar-refractivity contribution in [2.45, 2.75) is 24.7 Å². The Bertz CT molecular complexity index is 508. The third-order valence-corrected chi connectivity index (χ3v) is 4.56. The summed E-state index contributed by atoms with van der Waals surface area (Å²) in [5.41, 5.74) is 2.50. The van der Waals surface area contributed by atoms with Crippen molar-refractivity contribution in [2.75, 3.05) is 25.9 Å². The molecule has 0 aliphatic carbocycles. The van der Waals surface area contributed by atoms with E-state index in [-0.39, 0.29) is 0 Å². The second kappa shape index (κ2) is 4.78. The summed E-state index contributed by atoms with van der Waals surface area (Å²) < 4.78 is 23.0. The van der Waals surface area contributed by atoms with Crippen LogP contribution in [0.2, 0.25) is 0 Å². The summed E-state index contributed by atoms with van der Waals surface area (Å²) in [4.78, 5) is 2.85. The van der Waals surface area contributed by atoms with Crippen LogP contribution in [0.1, 0.15) is 18.1 Å². The maximum atomic E-state index is 11.5. The van der Waals surface area contributed by atoms with Gasteiger partial charge in [-0.3, -0.25) is 0 Å². The van der Waals surface area contributed by atoms with Gasteiger partial charge in [0.05, 0.1) is 4.90 Å². The van der Waals surface area contributed by atoms with E-state index in [1.807, 2.05) is 12.1 Å². The zero-order valence-corrected chi connectivity index (χ0v) is 11.3. The number of benzene rings is 1. The van der Waals surface area contributed by atoms with E-state index in [1.54, 1.807) is 6.07 Å². The largest absolute Gasteiger partial charge is 0.303 e. The lowest BCUT2D eigenvalue weighted by molar-refractivity contribution is 0.303. The lowest BCUT2D eigenvalue weighted by Gasteiger charge is -2.16. The molecule has 94 valence electrons. The van der Waals surface area contributed by atoms with Crippen molar-refractivity contribution in [1.82, 2.24) is 4.90 Å². The van der Waals surface area contributed by atoms with Crippen LogP contribution >= 0.6 is 0 Å². The average molecular weight is 253 g/mol. The number of rotatable bonds is 2. The number of sulfone groups is 1. The van der Waals surface area contributed by atoms with Gasteiger partial charge in [-0.25, -0.2) is 8.42 Å². The minimum Gasteiger partial charge on any atom is -0.303 e. The van der Waals surface area contributed by atoms with E-state index in [4.69, 9.17) is 0 Å². The smallest absolute Gasteiger partial charge is 0.175 e. The summed E-state index contributed by atoms with van der Waals surface area (Å²) in [6.45, 7) is 5.32. The summed E-state index contributed by atoms with van der Waals surface area (Å²) in [5.74, 6) is 0. The second-order valence-electron chi connectivity index (χ2n) is 4.64. The van der Waals surface area contributed by atoms with Gasteiger partial charge in [0, 0.05) is 19.3 Å². The Hall–Kier alpha value is -0.870. The van der Waals surface area contributed by atoms with E-state index in [0.717, 1.165) is 32.5 Å². The summed E-state index contributed by atoms with van der Waals surface area (Å²) in [6, 6.07) is 5.56. The first kappa shape index (κ1) is 12.6. The molecule has 1 aromatic carbocycles. The van der Waals surface area contributed by atoms with Crippen LogP contribution in [-0.2, 0) is 22.7 Å². The molecule has 1 aliphatic heterocycles. The fourth-order valence-corrected chi connectivity index (χ4v) is 2.97. The van der Waals surface area contributed by atoms with Crippen LogP contribution in [0, 0.1) is 0 Å². The number of hydrogen-bond acceptors (Lipinski definition) is 3. The van der Waals surface area contributed by atoms with Crippen molar-refractivity contribution in [1.29, 1.82) is 0 Å². The highest BCUT2D eigenvalue weighted by molar-refractivity contribution is 7.90. The molecule has 0 aromatic heterocycles. The van der Waals surface area contributed by atoms with Gasteiger partial charge in [-0.1, -0.05) is 13.0 Å². The molecule has 4 heteroatoms. The Kier molecular flexibility index (Phi) is 3.54. The van der Waals surface area contributed by atoms with Crippen LogP contribution in [0.4, 0.5) is 0 Å². The molecule has 0 bridgehead atoms. The molecule has 0 fully saturated rings. The lowest BCUT2D eigenvalue weighted by Crippen LogP contribution is -2.25. The Morgan fingerprint density at radius 1 is 1.18 bits per heavy atom. The Labute approximate surface area is 103 Å². The first-order chi connectivity index (χ1) is 8.00. The van der Waals surface area contributed by atoms with Gasteiger partial charge in [-0.15, -0.1) is 0 Å². The minimum absolute atomic E-state index is 0.446. The van der Waals surface area contributed by atoms with E-state index in [0.29, 0.717) is 4.90 Å². The molecule has 0 saturated heterocycles. The molecule has 0 spiro atoms. The SMILES string of the molecule is CCN1CCc2ccc(S(C)(=O)=O)cc2CC1. The predicted molar refractivity (Wildman–Crippen MR) is 69.1 cm³/mol. The quantitative estimate of drug-likeness (QED) is 0.802. The van der Waals surface area contributed by atoms with E-state index < -0.39 is 9.84 Å². The van der Waals surface area contributed by atoms with Gasteiger partial charge in [0.2, 0.25) is 0 Å². The average Bonchev–Trinajstić information content (AvgIpc) is 2.48. The summed E-state index contributed by atoms with van der Waals surface area (Å²) in [7, 11) is -3.08. The Balaban J connectivity index is 2.32. The van der Waals surface area contributed by atoms with E-state index in [1.165, 1.54) is 17.4 Å². The highest BCUT2D eigenvalue weighted by Crippen LogP contribution is 2.20. The van der Waals surface area contributed by atoms with E-state index in [2.05, 4.69) is 11.8 Å².